The van der Waals surface area contributed by atoms with Crippen LogP contribution in [0, 0.1) is 0 Å². The molecule has 0 bridgehead atoms. The minimum absolute atomic E-state index is 0. The van der Waals surface area contributed by atoms with Gasteiger partial charge in [0.05, 0.1) is 11.0 Å². The zero-order valence-corrected chi connectivity index (χ0v) is 11.5. The number of hydrogen-bond acceptors (Lipinski definition) is 4. The fourth-order valence-corrected chi connectivity index (χ4v) is 0.830. The topological polar surface area (TPSA) is 43.4 Å². The average molecular weight is 255 g/mol. The van der Waals surface area contributed by atoms with Crippen molar-refractivity contribution in [2.24, 2.45) is 0 Å². The van der Waals surface area contributed by atoms with E-state index in [1.54, 1.807) is 0 Å². The molecule has 0 aliphatic rings. The predicted octanol–water partition coefficient (Wildman–Crippen LogP) is -1.60. The fraction of sp³-hybridized carbons (Fsp3) is 1.00. The van der Waals surface area contributed by atoms with E-state index in [0.29, 0.717) is 0 Å². The van der Waals surface area contributed by atoms with Crippen molar-refractivity contribution in [1.82, 2.24) is 0 Å². The van der Waals surface area contributed by atoms with Crippen molar-refractivity contribution in [3.8, 4) is 0 Å². The summed E-state index contributed by atoms with van der Waals surface area (Å²) in [6.45, 7) is 2.16. The molecule has 0 aliphatic carbocycles. The van der Waals surface area contributed by atoms with Crippen molar-refractivity contribution >= 4 is 26.9 Å². The number of alkyl halides is 1. The molecule has 0 N–H and O–H groups in total. The molecule has 0 saturated heterocycles. The third-order valence-corrected chi connectivity index (χ3v) is 2.03. The van der Waals surface area contributed by atoms with Gasteiger partial charge in [-0.25, -0.2) is 0 Å². The third kappa shape index (κ3) is 10.0. The Morgan fingerprint density at radius 3 is 2.40 bits per heavy atom. The van der Waals surface area contributed by atoms with E-state index < -0.39 is 11.0 Å². The van der Waals surface area contributed by atoms with Gasteiger partial charge in [0.25, 0.3) is 0 Å². The van der Waals surface area contributed by atoms with E-state index in [1.165, 1.54) is 0 Å². The Bertz CT molecular complexity index is 130. The van der Waals surface area contributed by atoms with Crippen LogP contribution in [0.4, 0.5) is 0 Å². The van der Waals surface area contributed by atoms with Crippen molar-refractivity contribution in [3.63, 3.8) is 0 Å². The molecule has 1 atom stereocenters. The molecule has 6 heteroatoms. The molecule has 0 aromatic rings. The minimum atomic E-state index is -2.37. The predicted molar refractivity (Wildman–Crippen MR) is 37.7 cm³/mol. The van der Waals surface area contributed by atoms with E-state index in [0.717, 1.165) is 6.42 Å². The van der Waals surface area contributed by atoms with Gasteiger partial charge in [-0.1, -0.05) is 22.9 Å². The molecule has 0 aromatic heterocycles. The molecule has 10 heavy (non-hydrogen) atoms. The quantitative estimate of drug-likeness (QED) is 0.345. The first kappa shape index (κ1) is 14.5. The van der Waals surface area contributed by atoms with Crippen LogP contribution in [0.3, 0.4) is 0 Å². The van der Waals surface area contributed by atoms with Gasteiger partial charge in [-0.3, -0.25) is 0 Å². The molecule has 0 rings (SSSR count). The van der Waals surface area contributed by atoms with Gasteiger partial charge >= 0.3 is 51.4 Å². The first-order valence-corrected chi connectivity index (χ1v) is 4.45. The van der Waals surface area contributed by atoms with Crippen LogP contribution in [0.15, 0.2) is 0 Å². The summed E-state index contributed by atoms with van der Waals surface area (Å²) in [5, 5.41) is 0. The maximum Gasteiger partial charge on any atom is 1.00 e. The Kier molecular flexibility index (Phi) is 13.3. The summed E-state index contributed by atoms with van der Waals surface area (Å²) in [5.74, 6) is 0. The summed E-state index contributed by atoms with van der Waals surface area (Å²) in [6, 6.07) is 0. The van der Waals surface area contributed by atoms with Crippen LogP contribution >= 0.6 is 15.9 Å². The van der Waals surface area contributed by atoms with E-state index in [1.807, 2.05) is 6.92 Å². The molecule has 0 aromatic carbocycles. The van der Waals surface area contributed by atoms with E-state index in [2.05, 4.69) is 20.1 Å². The standard InChI is InChI=1S/C4H8BrO3S.K/c1-2-4(5)3-8-9(6)7;/h4H,2-3H2,1H3;/q-1;+1. The van der Waals surface area contributed by atoms with Crippen LogP contribution in [0.1, 0.15) is 13.3 Å². The fourth-order valence-electron chi connectivity index (χ4n) is 0.247. The molecule has 0 amide bonds. The van der Waals surface area contributed by atoms with Crippen molar-refractivity contribution in [2.45, 2.75) is 18.2 Å². The Labute approximate surface area is 114 Å². The normalized spacial score (nSPS) is 12.7. The second-order valence-corrected chi connectivity index (χ2v) is 3.43. The van der Waals surface area contributed by atoms with Crippen LogP contribution in [-0.2, 0) is 23.6 Å². The summed E-state index contributed by atoms with van der Waals surface area (Å²) in [6.07, 6.45) is 0.858. The van der Waals surface area contributed by atoms with E-state index in [-0.39, 0.29) is 62.8 Å². The molecule has 0 radical (unpaired) electrons. The van der Waals surface area contributed by atoms with Gasteiger partial charge < -0.3 is 12.6 Å². The Morgan fingerprint density at radius 2 is 2.10 bits per heavy atom. The Morgan fingerprint density at radius 1 is 1.60 bits per heavy atom. The molecule has 0 fully saturated rings. The molecule has 0 heterocycles. The number of hydrogen-bond donors (Lipinski definition) is 0. The van der Waals surface area contributed by atoms with Gasteiger partial charge in [0.2, 0.25) is 0 Å². The SMILES string of the molecule is CCC(Br)CO[S-](=O)=O.[K+]. The van der Waals surface area contributed by atoms with Crippen LogP contribution in [0.25, 0.3) is 0 Å². The molecular weight excluding hydrogens is 247 g/mol. The first-order chi connectivity index (χ1) is 4.16. The van der Waals surface area contributed by atoms with E-state index >= 15 is 0 Å². The van der Waals surface area contributed by atoms with Crippen LogP contribution in [0.5, 0.6) is 0 Å². The Balaban J connectivity index is 0. The van der Waals surface area contributed by atoms with Crippen LogP contribution < -0.4 is 51.4 Å². The van der Waals surface area contributed by atoms with Gasteiger partial charge in [0, 0.05) is 11.4 Å². The molecule has 0 saturated carbocycles. The third-order valence-electron chi connectivity index (χ3n) is 0.788. The van der Waals surface area contributed by atoms with Crippen LogP contribution in [0.2, 0.25) is 0 Å². The van der Waals surface area contributed by atoms with Gasteiger partial charge in [-0.05, 0) is 6.42 Å². The van der Waals surface area contributed by atoms with Crippen molar-refractivity contribution in [1.29, 1.82) is 0 Å². The molecule has 56 valence electrons. The smallest absolute Gasteiger partial charge is 0.423 e. The van der Waals surface area contributed by atoms with Gasteiger partial charge in [-0.15, -0.1) is 0 Å². The molecule has 0 aliphatic heterocycles. The second-order valence-electron chi connectivity index (χ2n) is 1.49. The summed E-state index contributed by atoms with van der Waals surface area (Å²) in [4.78, 5) is 0.135. The molecule has 3 nitrogen and oxygen atoms in total. The first-order valence-electron chi connectivity index (χ1n) is 2.53. The maximum atomic E-state index is 9.78. The maximum absolute atomic E-state index is 9.78. The minimum Gasteiger partial charge on any atom is -0.423 e. The average Bonchev–Trinajstić information content (AvgIpc) is 1.83. The second kappa shape index (κ2) is 9.12. The van der Waals surface area contributed by atoms with E-state index in [4.69, 9.17) is 0 Å². The van der Waals surface area contributed by atoms with Gasteiger partial charge in [0.15, 0.2) is 0 Å². The Hall–Kier alpha value is 2.03. The number of rotatable bonds is 4. The van der Waals surface area contributed by atoms with Gasteiger partial charge in [-0.2, -0.15) is 0 Å². The summed E-state index contributed by atoms with van der Waals surface area (Å²) >= 11 is 3.21. The van der Waals surface area contributed by atoms with E-state index in [9.17, 15) is 8.42 Å². The largest absolute Gasteiger partial charge is 1.00 e. The molecular formula is C4H8BrKO3S. The molecule has 1 unspecified atom stereocenters. The van der Waals surface area contributed by atoms with Crippen molar-refractivity contribution in [2.75, 3.05) is 6.61 Å². The molecule has 0 spiro atoms. The zero-order chi connectivity index (χ0) is 7.28. The van der Waals surface area contributed by atoms with Crippen molar-refractivity contribution in [3.05, 3.63) is 0 Å². The monoisotopic (exact) mass is 254 g/mol. The number of halogens is 1. The summed E-state index contributed by atoms with van der Waals surface area (Å²) < 4.78 is 23.8. The van der Waals surface area contributed by atoms with Crippen molar-refractivity contribution < 1.29 is 64.0 Å². The summed E-state index contributed by atoms with van der Waals surface area (Å²) in [5.41, 5.74) is 0. The summed E-state index contributed by atoms with van der Waals surface area (Å²) in [7, 11) is -2.37. The zero-order valence-electron chi connectivity index (χ0n) is 6.00. The van der Waals surface area contributed by atoms with Gasteiger partial charge in [0.1, 0.15) is 0 Å². The van der Waals surface area contributed by atoms with Crippen LogP contribution in [-0.4, -0.2) is 11.4 Å².